The van der Waals surface area contributed by atoms with Crippen LogP contribution in [0.15, 0.2) is 42.5 Å². The molecule has 0 fully saturated rings. The third-order valence-electron chi connectivity index (χ3n) is 3.84. The van der Waals surface area contributed by atoms with E-state index in [1.807, 2.05) is 36.4 Å². The maximum absolute atomic E-state index is 11.9. The monoisotopic (exact) mass is 343 g/mol. The standard InChI is InChI=1S/C19H21NO5/c1-22-15-5-2-14(3-6-15)4-9-19(21)20-10-11-23-16-7-8-17-18(12-16)25-13-24-17/h2-3,5-8,12H,4,9-11,13H2,1H3,(H,20,21). The van der Waals surface area contributed by atoms with Gasteiger partial charge in [0.15, 0.2) is 11.5 Å². The number of benzene rings is 2. The lowest BCUT2D eigenvalue weighted by atomic mass is 10.1. The van der Waals surface area contributed by atoms with Crippen LogP contribution in [0.1, 0.15) is 12.0 Å². The van der Waals surface area contributed by atoms with Crippen LogP contribution in [0.2, 0.25) is 0 Å². The fourth-order valence-electron chi connectivity index (χ4n) is 2.46. The predicted molar refractivity (Wildman–Crippen MR) is 92.4 cm³/mol. The molecule has 0 spiro atoms. The summed E-state index contributed by atoms with van der Waals surface area (Å²) in [6, 6.07) is 13.1. The number of carbonyl (C=O) groups excluding carboxylic acids is 1. The molecule has 0 radical (unpaired) electrons. The molecule has 0 unspecified atom stereocenters. The van der Waals surface area contributed by atoms with Gasteiger partial charge in [-0.1, -0.05) is 12.1 Å². The Bertz CT molecular complexity index is 714. The largest absolute Gasteiger partial charge is 0.497 e. The van der Waals surface area contributed by atoms with Crippen molar-refractivity contribution in [1.29, 1.82) is 0 Å². The lowest BCUT2D eigenvalue weighted by Gasteiger charge is -2.08. The van der Waals surface area contributed by atoms with E-state index in [0.29, 0.717) is 37.5 Å². The van der Waals surface area contributed by atoms with Crippen molar-refractivity contribution in [2.75, 3.05) is 27.1 Å². The van der Waals surface area contributed by atoms with E-state index in [9.17, 15) is 4.79 Å². The minimum atomic E-state index is 0.00473. The van der Waals surface area contributed by atoms with Gasteiger partial charge in [-0.25, -0.2) is 0 Å². The number of amides is 1. The third kappa shape index (κ3) is 4.79. The maximum atomic E-state index is 11.9. The number of fused-ring (bicyclic) bond motifs is 1. The SMILES string of the molecule is COc1ccc(CCC(=O)NCCOc2ccc3c(c2)OCO3)cc1. The molecule has 3 rings (SSSR count). The van der Waals surface area contributed by atoms with Crippen molar-refractivity contribution in [2.24, 2.45) is 0 Å². The summed E-state index contributed by atoms with van der Waals surface area (Å²) in [6.45, 7) is 1.09. The first kappa shape index (κ1) is 17.0. The quantitative estimate of drug-likeness (QED) is 0.746. The number of hydrogen-bond donors (Lipinski definition) is 1. The Morgan fingerprint density at radius 3 is 2.64 bits per heavy atom. The second-order valence-electron chi connectivity index (χ2n) is 5.56. The molecule has 132 valence electrons. The second kappa shape index (κ2) is 8.28. The van der Waals surface area contributed by atoms with Crippen LogP contribution in [-0.4, -0.2) is 33.0 Å². The molecule has 2 aromatic rings. The topological polar surface area (TPSA) is 66.0 Å². The highest BCUT2D eigenvalue weighted by molar-refractivity contribution is 5.76. The Morgan fingerprint density at radius 2 is 1.84 bits per heavy atom. The minimum absolute atomic E-state index is 0.00473. The number of carbonyl (C=O) groups is 1. The van der Waals surface area contributed by atoms with Crippen LogP contribution in [0.5, 0.6) is 23.0 Å². The molecule has 0 bridgehead atoms. The molecule has 0 atom stereocenters. The van der Waals surface area contributed by atoms with Crippen molar-refractivity contribution < 1.29 is 23.7 Å². The van der Waals surface area contributed by atoms with E-state index in [4.69, 9.17) is 18.9 Å². The zero-order valence-corrected chi connectivity index (χ0v) is 14.1. The van der Waals surface area contributed by atoms with Crippen LogP contribution in [-0.2, 0) is 11.2 Å². The van der Waals surface area contributed by atoms with Crippen LogP contribution >= 0.6 is 0 Å². The van der Waals surface area contributed by atoms with E-state index < -0.39 is 0 Å². The average molecular weight is 343 g/mol. The Labute approximate surface area is 146 Å². The summed E-state index contributed by atoms with van der Waals surface area (Å²) in [7, 11) is 1.63. The maximum Gasteiger partial charge on any atom is 0.231 e. The molecule has 0 saturated heterocycles. The fourth-order valence-corrected chi connectivity index (χ4v) is 2.46. The smallest absolute Gasteiger partial charge is 0.231 e. The Kier molecular flexibility index (Phi) is 5.61. The fraction of sp³-hybridized carbons (Fsp3) is 0.316. The van der Waals surface area contributed by atoms with E-state index in [1.54, 1.807) is 13.2 Å². The van der Waals surface area contributed by atoms with E-state index in [1.165, 1.54) is 0 Å². The molecule has 6 heteroatoms. The highest BCUT2D eigenvalue weighted by Gasteiger charge is 2.13. The number of rotatable bonds is 8. The highest BCUT2D eigenvalue weighted by atomic mass is 16.7. The predicted octanol–water partition coefficient (Wildman–Crippen LogP) is 2.55. The average Bonchev–Trinajstić information content (AvgIpc) is 3.12. The molecule has 1 amide bonds. The lowest BCUT2D eigenvalue weighted by Crippen LogP contribution is -2.28. The van der Waals surface area contributed by atoms with Crippen LogP contribution in [0, 0.1) is 0 Å². The van der Waals surface area contributed by atoms with Crippen LogP contribution in [0.3, 0.4) is 0 Å². The van der Waals surface area contributed by atoms with Gasteiger partial charge in [0.25, 0.3) is 0 Å². The number of hydrogen-bond acceptors (Lipinski definition) is 5. The van der Waals surface area contributed by atoms with E-state index >= 15 is 0 Å². The summed E-state index contributed by atoms with van der Waals surface area (Å²) in [4.78, 5) is 11.9. The Balaban J connectivity index is 1.33. The van der Waals surface area contributed by atoms with E-state index in [0.717, 1.165) is 17.1 Å². The van der Waals surface area contributed by atoms with Gasteiger partial charge in [0.2, 0.25) is 12.7 Å². The first-order valence-electron chi connectivity index (χ1n) is 8.16. The molecule has 1 N–H and O–H groups in total. The third-order valence-corrected chi connectivity index (χ3v) is 3.84. The van der Waals surface area contributed by atoms with Crippen LogP contribution < -0.4 is 24.3 Å². The van der Waals surface area contributed by atoms with Gasteiger partial charge in [0.1, 0.15) is 18.1 Å². The van der Waals surface area contributed by atoms with Crippen molar-refractivity contribution in [3.05, 3.63) is 48.0 Å². The lowest BCUT2D eigenvalue weighted by molar-refractivity contribution is -0.121. The molecular formula is C19H21NO5. The van der Waals surface area contributed by atoms with Crippen molar-refractivity contribution in [1.82, 2.24) is 5.32 Å². The number of aryl methyl sites for hydroxylation is 1. The Morgan fingerprint density at radius 1 is 1.08 bits per heavy atom. The molecule has 1 heterocycles. The molecule has 1 aliphatic rings. The molecule has 25 heavy (non-hydrogen) atoms. The van der Waals surface area contributed by atoms with Crippen molar-refractivity contribution >= 4 is 5.91 Å². The Hall–Kier alpha value is -2.89. The van der Waals surface area contributed by atoms with Crippen molar-refractivity contribution in [3.8, 4) is 23.0 Å². The molecule has 6 nitrogen and oxygen atoms in total. The first-order valence-corrected chi connectivity index (χ1v) is 8.16. The normalized spacial score (nSPS) is 11.9. The summed E-state index contributed by atoms with van der Waals surface area (Å²) in [5.74, 6) is 2.91. The summed E-state index contributed by atoms with van der Waals surface area (Å²) in [5.41, 5.74) is 1.10. The zero-order chi connectivity index (χ0) is 17.5. The molecular weight excluding hydrogens is 322 g/mol. The number of nitrogens with one attached hydrogen (secondary N) is 1. The van der Waals surface area contributed by atoms with Gasteiger partial charge >= 0.3 is 0 Å². The van der Waals surface area contributed by atoms with Gasteiger partial charge in [0, 0.05) is 12.5 Å². The summed E-state index contributed by atoms with van der Waals surface area (Å²) in [5, 5.41) is 2.85. The molecule has 0 aliphatic carbocycles. The highest BCUT2D eigenvalue weighted by Crippen LogP contribution is 2.34. The van der Waals surface area contributed by atoms with Crippen molar-refractivity contribution in [2.45, 2.75) is 12.8 Å². The number of ether oxygens (including phenoxy) is 4. The minimum Gasteiger partial charge on any atom is -0.497 e. The molecule has 2 aromatic carbocycles. The molecule has 0 saturated carbocycles. The van der Waals surface area contributed by atoms with E-state index in [-0.39, 0.29) is 12.7 Å². The second-order valence-corrected chi connectivity index (χ2v) is 5.56. The summed E-state index contributed by atoms with van der Waals surface area (Å²) in [6.07, 6.45) is 1.13. The number of methoxy groups -OCH3 is 1. The van der Waals surface area contributed by atoms with Crippen LogP contribution in [0.4, 0.5) is 0 Å². The summed E-state index contributed by atoms with van der Waals surface area (Å²) < 4.78 is 21.3. The van der Waals surface area contributed by atoms with Gasteiger partial charge < -0.3 is 24.3 Å². The molecule has 0 aromatic heterocycles. The van der Waals surface area contributed by atoms with Gasteiger partial charge in [-0.3, -0.25) is 4.79 Å². The van der Waals surface area contributed by atoms with Gasteiger partial charge in [-0.15, -0.1) is 0 Å². The van der Waals surface area contributed by atoms with Crippen molar-refractivity contribution in [3.63, 3.8) is 0 Å². The van der Waals surface area contributed by atoms with Gasteiger partial charge in [0.05, 0.1) is 13.7 Å². The van der Waals surface area contributed by atoms with Gasteiger partial charge in [-0.2, -0.15) is 0 Å². The first-order chi connectivity index (χ1) is 12.2. The molecule has 1 aliphatic heterocycles. The summed E-state index contributed by atoms with van der Waals surface area (Å²) >= 11 is 0. The van der Waals surface area contributed by atoms with Crippen LogP contribution in [0.25, 0.3) is 0 Å². The van der Waals surface area contributed by atoms with E-state index in [2.05, 4.69) is 5.32 Å². The zero-order valence-electron chi connectivity index (χ0n) is 14.1. The van der Waals surface area contributed by atoms with Gasteiger partial charge in [-0.05, 0) is 36.2 Å².